The summed E-state index contributed by atoms with van der Waals surface area (Å²) in [5.74, 6) is 0.0620. The summed E-state index contributed by atoms with van der Waals surface area (Å²) in [6.07, 6.45) is 6.60. The van der Waals surface area contributed by atoms with Crippen molar-refractivity contribution in [2.75, 3.05) is 13.2 Å². The predicted octanol–water partition coefficient (Wildman–Crippen LogP) is 5.12. The van der Waals surface area contributed by atoms with Gasteiger partial charge in [0.2, 0.25) is 0 Å². The van der Waals surface area contributed by atoms with E-state index in [1.165, 1.54) is 5.56 Å². The Kier molecular flexibility index (Phi) is 7.40. The lowest BCUT2D eigenvalue weighted by atomic mass is 9.79. The highest BCUT2D eigenvalue weighted by molar-refractivity contribution is 5.95. The second kappa shape index (κ2) is 10.3. The van der Waals surface area contributed by atoms with Gasteiger partial charge in [0.25, 0.3) is 5.91 Å². The molecule has 34 heavy (non-hydrogen) atoms. The summed E-state index contributed by atoms with van der Waals surface area (Å²) in [6, 6.07) is 19.0. The van der Waals surface area contributed by atoms with Crippen LogP contribution in [0.5, 0.6) is 0 Å². The van der Waals surface area contributed by atoms with E-state index in [-0.39, 0.29) is 11.9 Å². The zero-order chi connectivity index (χ0) is 24.2. The van der Waals surface area contributed by atoms with E-state index in [0.717, 1.165) is 62.6 Å². The number of amides is 1. The molecule has 1 amide bonds. The summed E-state index contributed by atoms with van der Waals surface area (Å²) in [4.78, 5) is 15.4. The van der Waals surface area contributed by atoms with Crippen molar-refractivity contribution >= 4 is 5.91 Å². The van der Waals surface area contributed by atoms with E-state index in [9.17, 15) is 10.1 Å². The maximum Gasteiger partial charge on any atom is 0.254 e. The van der Waals surface area contributed by atoms with Crippen LogP contribution in [0, 0.1) is 11.3 Å². The molecule has 1 aliphatic heterocycles. The second-order valence-electron chi connectivity index (χ2n) is 10.6. The molecule has 1 heterocycles. The first-order valence-corrected chi connectivity index (χ1v) is 12.6. The van der Waals surface area contributed by atoms with Crippen LogP contribution >= 0.6 is 0 Å². The molecule has 0 radical (unpaired) electrons. The fraction of sp³-hybridized carbons (Fsp3) is 0.517. The summed E-state index contributed by atoms with van der Waals surface area (Å²) in [5.41, 5.74) is 9.28. The number of benzene rings is 2. The van der Waals surface area contributed by atoms with Crippen molar-refractivity contribution in [3.05, 3.63) is 70.8 Å². The number of ether oxygens (including phenoxy) is 1. The molecule has 0 bridgehead atoms. The summed E-state index contributed by atoms with van der Waals surface area (Å²) < 4.78 is 6.09. The number of carbonyl (C=O) groups is 1. The van der Waals surface area contributed by atoms with E-state index < -0.39 is 11.0 Å². The Balaban J connectivity index is 1.53. The average molecular weight is 460 g/mol. The minimum Gasteiger partial charge on any atom is -0.375 e. The van der Waals surface area contributed by atoms with Gasteiger partial charge in [-0.2, -0.15) is 5.26 Å². The fourth-order valence-corrected chi connectivity index (χ4v) is 5.53. The minimum atomic E-state index is -0.503. The maximum atomic E-state index is 13.4. The number of nitrogens with two attached hydrogens (primary N) is 1. The Bertz CT molecular complexity index is 1040. The molecule has 5 heteroatoms. The number of nitrogens with zero attached hydrogens (tertiary/aromatic N) is 2. The van der Waals surface area contributed by atoms with Crippen LogP contribution in [0.15, 0.2) is 48.5 Å². The van der Waals surface area contributed by atoms with Crippen molar-refractivity contribution in [3.63, 3.8) is 0 Å². The van der Waals surface area contributed by atoms with Gasteiger partial charge in [-0.25, -0.2) is 0 Å². The highest BCUT2D eigenvalue weighted by Gasteiger charge is 2.37. The first-order chi connectivity index (χ1) is 16.3. The molecule has 1 aliphatic carbocycles. The molecule has 1 saturated carbocycles. The maximum absolute atomic E-state index is 13.4. The summed E-state index contributed by atoms with van der Waals surface area (Å²) in [7, 11) is 0. The van der Waals surface area contributed by atoms with E-state index in [1.807, 2.05) is 42.2 Å². The van der Waals surface area contributed by atoms with Gasteiger partial charge in [0.05, 0.1) is 24.7 Å². The van der Waals surface area contributed by atoms with Crippen LogP contribution in [0.25, 0.3) is 0 Å². The molecule has 0 aromatic heterocycles. The van der Waals surface area contributed by atoms with Crippen molar-refractivity contribution < 1.29 is 9.53 Å². The van der Waals surface area contributed by atoms with Gasteiger partial charge in [-0.1, -0.05) is 49.2 Å². The number of hydrogen-bond donors (Lipinski definition) is 1. The molecule has 2 aromatic rings. The molecule has 4 rings (SSSR count). The Hall–Kier alpha value is -2.68. The zero-order valence-corrected chi connectivity index (χ0v) is 20.6. The van der Waals surface area contributed by atoms with Crippen molar-refractivity contribution in [2.45, 2.75) is 82.4 Å². The number of nitriles is 1. The third kappa shape index (κ3) is 5.51. The smallest absolute Gasteiger partial charge is 0.254 e. The normalized spacial score (nSPS) is 21.2. The first-order valence-electron chi connectivity index (χ1n) is 12.6. The molecular formula is C29H37N3O2. The Morgan fingerprint density at radius 1 is 1.18 bits per heavy atom. The van der Waals surface area contributed by atoms with Gasteiger partial charge in [0.1, 0.15) is 0 Å². The Labute approximate surface area is 203 Å². The number of carbonyl (C=O) groups excluding carboxylic acids is 1. The molecule has 5 nitrogen and oxygen atoms in total. The number of rotatable bonds is 8. The molecule has 2 unspecified atom stereocenters. The lowest BCUT2D eigenvalue weighted by molar-refractivity contribution is 0.0741. The van der Waals surface area contributed by atoms with Gasteiger partial charge in [-0.05, 0) is 74.8 Å². The molecule has 180 valence electrons. The Morgan fingerprint density at radius 2 is 1.91 bits per heavy atom. The van der Waals surface area contributed by atoms with E-state index in [2.05, 4.69) is 31.2 Å². The minimum absolute atomic E-state index is 0.0620. The molecule has 2 atom stereocenters. The van der Waals surface area contributed by atoms with Gasteiger partial charge < -0.3 is 15.4 Å². The van der Waals surface area contributed by atoms with Gasteiger partial charge in [-0.3, -0.25) is 4.79 Å². The zero-order valence-electron chi connectivity index (χ0n) is 20.6. The van der Waals surface area contributed by atoms with Gasteiger partial charge >= 0.3 is 0 Å². The van der Waals surface area contributed by atoms with E-state index in [0.29, 0.717) is 18.8 Å². The highest BCUT2D eigenvalue weighted by atomic mass is 16.5. The van der Waals surface area contributed by atoms with E-state index >= 15 is 0 Å². The molecule has 1 saturated heterocycles. The molecule has 2 N–H and O–H groups in total. The van der Waals surface area contributed by atoms with Crippen LogP contribution in [-0.4, -0.2) is 35.5 Å². The van der Waals surface area contributed by atoms with Crippen LogP contribution in [0.2, 0.25) is 0 Å². The topological polar surface area (TPSA) is 79.3 Å². The summed E-state index contributed by atoms with van der Waals surface area (Å²) >= 11 is 0. The van der Waals surface area contributed by atoms with Gasteiger partial charge in [-0.15, -0.1) is 0 Å². The fourth-order valence-electron chi connectivity index (χ4n) is 5.53. The number of likely N-dealkylation sites (tertiary alicyclic amines) is 1. The van der Waals surface area contributed by atoms with Crippen LogP contribution < -0.4 is 5.73 Å². The van der Waals surface area contributed by atoms with Crippen molar-refractivity contribution in [3.8, 4) is 6.07 Å². The first kappa shape index (κ1) is 24.4. The highest BCUT2D eigenvalue weighted by Crippen LogP contribution is 2.41. The summed E-state index contributed by atoms with van der Waals surface area (Å²) in [6.45, 7) is 5.68. The van der Waals surface area contributed by atoms with Gasteiger partial charge in [0.15, 0.2) is 0 Å². The largest absolute Gasteiger partial charge is 0.375 e. The second-order valence-corrected chi connectivity index (χ2v) is 10.6. The lowest BCUT2D eigenvalue weighted by Crippen LogP contribution is -2.43. The molecule has 2 fully saturated rings. The standard InChI is InChI=1S/C29H37N3O2/c1-22-9-8-14-32(22)27(33)25-15-24(16-26(17-25)29(20-30)12-6-7-13-29)19-34-21-28(2,31)18-23-10-4-3-5-11-23/h3-5,10-11,15-17,22H,6-9,12-14,18-19,21,31H2,1-2H3. The SMILES string of the molecule is CC1CCCN1C(=O)c1cc(COCC(C)(N)Cc2ccccc2)cc(C2(C#N)CCCC2)c1. The average Bonchev–Trinajstić information content (AvgIpc) is 3.48. The quantitative estimate of drug-likeness (QED) is 0.594. The third-order valence-electron chi connectivity index (χ3n) is 7.43. The van der Waals surface area contributed by atoms with Crippen LogP contribution in [0.4, 0.5) is 0 Å². The van der Waals surface area contributed by atoms with Crippen LogP contribution in [0.1, 0.15) is 79.4 Å². The van der Waals surface area contributed by atoms with Gasteiger partial charge in [0, 0.05) is 23.7 Å². The van der Waals surface area contributed by atoms with Crippen LogP contribution in [-0.2, 0) is 23.2 Å². The molecule has 2 aromatic carbocycles. The van der Waals surface area contributed by atoms with E-state index in [1.54, 1.807) is 0 Å². The van der Waals surface area contributed by atoms with Crippen molar-refractivity contribution in [1.82, 2.24) is 4.90 Å². The Morgan fingerprint density at radius 3 is 2.56 bits per heavy atom. The molecular weight excluding hydrogens is 422 g/mol. The number of hydrogen-bond acceptors (Lipinski definition) is 4. The third-order valence-corrected chi connectivity index (χ3v) is 7.43. The van der Waals surface area contributed by atoms with Crippen LogP contribution in [0.3, 0.4) is 0 Å². The molecule has 2 aliphatic rings. The monoisotopic (exact) mass is 459 g/mol. The molecule has 0 spiro atoms. The summed E-state index contributed by atoms with van der Waals surface area (Å²) in [5, 5.41) is 10.1. The van der Waals surface area contributed by atoms with E-state index in [4.69, 9.17) is 10.5 Å². The van der Waals surface area contributed by atoms with Crippen molar-refractivity contribution in [2.24, 2.45) is 5.73 Å². The van der Waals surface area contributed by atoms with Crippen molar-refractivity contribution in [1.29, 1.82) is 5.26 Å². The lowest BCUT2D eigenvalue weighted by Gasteiger charge is -2.26. The predicted molar refractivity (Wildman–Crippen MR) is 134 cm³/mol.